The molecule has 0 aliphatic rings. The molecule has 1 N–H and O–H groups in total. The Bertz CT molecular complexity index is 670. The number of hydrogen-bond acceptors (Lipinski definition) is 3. The highest BCUT2D eigenvalue weighted by molar-refractivity contribution is 9.10. The number of halogens is 1. The molecule has 2 rings (SSSR count). The van der Waals surface area contributed by atoms with Crippen molar-refractivity contribution in [2.24, 2.45) is 0 Å². The van der Waals surface area contributed by atoms with Crippen LogP contribution in [-0.2, 0) is 4.79 Å². The van der Waals surface area contributed by atoms with E-state index >= 15 is 0 Å². The molecule has 0 aliphatic heterocycles. The largest absolute Gasteiger partial charge is 0.489 e. The van der Waals surface area contributed by atoms with Crippen LogP contribution in [0.2, 0.25) is 0 Å². The van der Waals surface area contributed by atoms with E-state index in [9.17, 15) is 4.79 Å². The van der Waals surface area contributed by atoms with E-state index in [0.29, 0.717) is 23.8 Å². The molecule has 2 aromatic carbocycles. The van der Waals surface area contributed by atoms with Gasteiger partial charge < -0.3 is 14.8 Å². The second-order valence-electron chi connectivity index (χ2n) is 4.83. The predicted molar refractivity (Wildman–Crippen MR) is 95.0 cm³/mol. The molecular weight excluding hydrogens is 358 g/mol. The number of carbonyl (C=O) groups is 1. The second-order valence-corrected chi connectivity index (χ2v) is 5.75. The van der Waals surface area contributed by atoms with Gasteiger partial charge in [0, 0.05) is 16.2 Å². The van der Waals surface area contributed by atoms with Crippen LogP contribution < -0.4 is 14.8 Å². The molecule has 0 bridgehead atoms. The van der Waals surface area contributed by atoms with Crippen LogP contribution in [0.1, 0.15) is 6.92 Å². The number of carbonyl (C=O) groups excluding carboxylic acids is 1. The van der Waals surface area contributed by atoms with Crippen molar-refractivity contribution in [2.75, 3.05) is 11.9 Å². The van der Waals surface area contributed by atoms with E-state index in [1.807, 2.05) is 24.3 Å². The first-order valence-corrected chi connectivity index (χ1v) is 7.94. The Morgan fingerprint density at radius 3 is 2.70 bits per heavy atom. The van der Waals surface area contributed by atoms with Gasteiger partial charge in [-0.1, -0.05) is 34.7 Å². The van der Waals surface area contributed by atoms with E-state index < -0.39 is 6.10 Å². The van der Waals surface area contributed by atoms with Crippen molar-refractivity contribution in [2.45, 2.75) is 13.0 Å². The van der Waals surface area contributed by atoms with Gasteiger partial charge in [0.05, 0.1) is 0 Å². The van der Waals surface area contributed by atoms with Crippen molar-refractivity contribution in [1.82, 2.24) is 0 Å². The van der Waals surface area contributed by atoms with Crippen LogP contribution in [0.4, 0.5) is 5.69 Å². The van der Waals surface area contributed by atoms with Gasteiger partial charge in [-0.05, 0) is 43.3 Å². The average Bonchev–Trinajstić information content (AvgIpc) is 2.55. The van der Waals surface area contributed by atoms with Crippen molar-refractivity contribution in [3.63, 3.8) is 0 Å². The minimum atomic E-state index is -0.617. The van der Waals surface area contributed by atoms with Crippen LogP contribution in [0.3, 0.4) is 0 Å². The normalized spacial score (nSPS) is 11.4. The van der Waals surface area contributed by atoms with Gasteiger partial charge >= 0.3 is 0 Å². The molecule has 0 radical (unpaired) electrons. The van der Waals surface area contributed by atoms with Crippen LogP contribution in [0.25, 0.3) is 0 Å². The molecule has 0 aromatic heterocycles. The zero-order valence-electron chi connectivity index (χ0n) is 12.8. The molecule has 23 heavy (non-hydrogen) atoms. The second kappa shape index (κ2) is 8.39. The summed E-state index contributed by atoms with van der Waals surface area (Å²) in [5.74, 6) is 1.08. The van der Waals surface area contributed by atoms with Gasteiger partial charge in [-0.3, -0.25) is 4.79 Å². The summed E-state index contributed by atoms with van der Waals surface area (Å²) >= 11 is 3.36. The fourth-order valence-corrected chi connectivity index (χ4v) is 2.10. The van der Waals surface area contributed by atoms with Crippen LogP contribution in [0.15, 0.2) is 65.7 Å². The Morgan fingerprint density at radius 2 is 2.00 bits per heavy atom. The lowest BCUT2D eigenvalue weighted by Crippen LogP contribution is -2.30. The molecule has 0 fully saturated rings. The quantitative estimate of drug-likeness (QED) is 0.728. The van der Waals surface area contributed by atoms with Gasteiger partial charge in [-0.2, -0.15) is 0 Å². The summed E-state index contributed by atoms with van der Waals surface area (Å²) in [5, 5.41) is 2.81. The molecule has 1 amide bonds. The smallest absolute Gasteiger partial charge is 0.265 e. The fraction of sp³-hybridized carbons (Fsp3) is 0.167. The Morgan fingerprint density at radius 1 is 1.26 bits per heavy atom. The number of rotatable bonds is 7. The number of ether oxygens (including phenoxy) is 2. The van der Waals surface area contributed by atoms with Crippen LogP contribution >= 0.6 is 15.9 Å². The number of hydrogen-bond donors (Lipinski definition) is 1. The Kier molecular flexibility index (Phi) is 6.23. The number of amides is 1. The van der Waals surface area contributed by atoms with E-state index in [2.05, 4.69) is 27.8 Å². The van der Waals surface area contributed by atoms with Crippen molar-refractivity contribution < 1.29 is 14.3 Å². The molecule has 0 heterocycles. The van der Waals surface area contributed by atoms with Crippen molar-refractivity contribution in [1.29, 1.82) is 0 Å². The molecule has 0 saturated carbocycles. The highest BCUT2D eigenvalue weighted by Crippen LogP contribution is 2.19. The highest BCUT2D eigenvalue weighted by atomic mass is 79.9. The number of nitrogens with one attached hydrogen (secondary N) is 1. The van der Waals surface area contributed by atoms with E-state index in [1.165, 1.54) is 0 Å². The minimum Gasteiger partial charge on any atom is -0.489 e. The average molecular weight is 376 g/mol. The summed E-state index contributed by atoms with van der Waals surface area (Å²) in [6, 6.07) is 14.5. The monoisotopic (exact) mass is 375 g/mol. The first kappa shape index (κ1) is 17.1. The molecule has 1 atom stereocenters. The maximum atomic E-state index is 12.2. The number of anilines is 1. The zero-order valence-corrected chi connectivity index (χ0v) is 14.4. The maximum absolute atomic E-state index is 12.2. The Balaban J connectivity index is 1.95. The van der Waals surface area contributed by atoms with Gasteiger partial charge in [0.25, 0.3) is 5.91 Å². The van der Waals surface area contributed by atoms with Crippen molar-refractivity contribution in [3.8, 4) is 11.5 Å². The van der Waals surface area contributed by atoms with Crippen molar-refractivity contribution >= 4 is 27.5 Å². The lowest BCUT2D eigenvalue weighted by molar-refractivity contribution is -0.122. The zero-order chi connectivity index (χ0) is 16.7. The molecular formula is C18H18BrNO3. The minimum absolute atomic E-state index is 0.228. The number of benzene rings is 2. The lowest BCUT2D eigenvalue weighted by atomic mass is 10.2. The molecule has 0 spiro atoms. The summed E-state index contributed by atoms with van der Waals surface area (Å²) in [6.45, 7) is 5.72. The molecule has 0 saturated heterocycles. The summed E-state index contributed by atoms with van der Waals surface area (Å²) in [4.78, 5) is 12.2. The highest BCUT2D eigenvalue weighted by Gasteiger charge is 2.15. The van der Waals surface area contributed by atoms with Gasteiger partial charge in [-0.25, -0.2) is 0 Å². The topological polar surface area (TPSA) is 47.6 Å². The maximum Gasteiger partial charge on any atom is 0.265 e. The van der Waals surface area contributed by atoms with E-state index in [0.717, 1.165) is 4.47 Å². The summed E-state index contributed by atoms with van der Waals surface area (Å²) in [7, 11) is 0. The van der Waals surface area contributed by atoms with E-state index in [4.69, 9.17) is 9.47 Å². The first-order chi connectivity index (χ1) is 11.1. The van der Waals surface area contributed by atoms with Gasteiger partial charge in [0.2, 0.25) is 0 Å². The van der Waals surface area contributed by atoms with Crippen LogP contribution in [0, 0.1) is 0 Å². The molecule has 4 nitrogen and oxygen atoms in total. The molecule has 2 aromatic rings. The van der Waals surface area contributed by atoms with Crippen molar-refractivity contribution in [3.05, 3.63) is 65.7 Å². The molecule has 120 valence electrons. The molecule has 5 heteroatoms. The Labute approximate surface area is 144 Å². The van der Waals surface area contributed by atoms with Crippen LogP contribution in [-0.4, -0.2) is 18.6 Å². The SMILES string of the molecule is C=CCOc1cccc(NC(=O)[C@H](C)Oc2ccc(Br)cc2)c1. The summed E-state index contributed by atoms with van der Waals surface area (Å²) in [5.41, 5.74) is 0.655. The first-order valence-electron chi connectivity index (χ1n) is 7.15. The lowest BCUT2D eigenvalue weighted by Gasteiger charge is -2.15. The van der Waals surface area contributed by atoms with Crippen LogP contribution in [0.5, 0.6) is 11.5 Å². The molecule has 0 aliphatic carbocycles. The summed E-state index contributed by atoms with van der Waals surface area (Å²) < 4.78 is 12.0. The summed E-state index contributed by atoms with van der Waals surface area (Å²) in [6.07, 6.45) is 1.05. The standard InChI is InChI=1S/C18H18BrNO3/c1-3-11-22-17-6-4-5-15(12-17)20-18(21)13(2)23-16-9-7-14(19)8-10-16/h3-10,12-13H,1,11H2,2H3,(H,20,21)/t13-/m0/s1. The predicted octanol–water partition coefficient (Wildman–Crippen LogP) is 4.42. The van der Waals surface area contributed by atoms with Gasteiger partial charge in [-0.15, -0.1) is 0 Å². The van der Waals surface area contributed by atoms with E-state index in [1.54, 1.807) is 37.3 Å². The Hall–Kier alpha value is -2.27. The third-order valence-corrected chi connectivity index (χ3v) is 3.49. The third-order valence-electron chi connectivity index (χ3n) is 2.97. The van der Waals surface area contributed by atoms with Gasteiger partial charge in [0.1, 0.15) is 18.1 Å². The molecule has 0 unspecified atom stereocenters. The fourth-order valence-electron chi connectivity index (χ4n) is 1.83. The van der Waals surface area contributed by atoms with E-state index in [-0.39, 0.29) is 5.91 Å². The third kappa shape index (κ3) is 5.45. The van der Waals surface area contributed by atoms with Gasteiger partial charge in [0.15, 0.2) is 6.10 Å².